The molecule has 0 saturated heterocycles. The Bertz CT molecular complexity index is 1680. The van der Waals surface area contributed by atoms with E-state index in [1.165, 1.54) is 0 Å². The van der Waals surface area contributed by atoms with E-state index in [1.807, 2.05) is 85.8 Å². The van der Waals surface area contributed by atoms with Crippen LogP contribution in [-0.4, -0.2) is 36.1 Å². The van der Waals surface area contributed by atoms with Gasteiger partial charge >= 0.3 is 0 Å². The Morgan fingerprint density at radius 3 is 2.36 bits per heavy atom. The largest absolute Gasteiger partial charge is 0.352 e. The Morgan fingerprint density at radius 1 is 0.905 bits per heavy atom. The zero-order valence-electron chi connectivity index (χ0n) is 24.0. The Balaban J connectivity index is 1.35. The van der Waals surface area contributed by atoms with Gasteiger partial charge in [0, 0.05) is 36.2 Å². The van der Waals surface area contributed by atoms with Crippen molar-refractivity contribution in [2.24, 2.45) is 0 Å². The SMILES string of the molecule is CCCCc1nc(C)c(CCC(=O)NCc2ccccc2)c(=O)n1Cc1ccc(-c2ccccc2-c2nn[nH]n2)cc1. The summed E-state index contributed by atoms with van der Waals surface area (Å²) in [7, 11) is 0. The molecule has 0 fully saturated rings. The summed E-state index contributed by atoms with van der Waals surface area (Å²) in [6.07, 6.45) is 3.25. The van der Waals surface area contributed by atoms with E-state index in [9.17, 15) is 9.59 Å². The van der Waals surface area contributed by atoms with Crippen molar-refractivity contribution in [1.82, 2.24) is 35.5 Å². The number of rotatable bonds is 12. The third-order valence-electron chi connectivity index (χ3n) is 7.36. The summed E-state index contributed by atoms with van der Waals surface area (Å²) >= 11 is 0. The minimum Gasteiger partial charge on any atom is -0.352 e. The van der Waals surface area contributed by atoms with Crippen molar-refractivity contribution < 1.29 is 4.79 Å². The molecular weight excluding hydrogens is 526 g/mol. The van der Waals surface area contributed by atoms with Gasteiger partial charge in [0.15, 0.2) is 0 Å². The Labute approximate surface area is 245 Å². The summed E-state index contributed by atoms with van der Waals surface area (Å²) in [6, 6.07) is 25.9. The summed E-state index contributed by atoms with van der Waals surface area (Å²) in [6.45, 7) is 4.87. The van der Waals surface area contributed by atoms with E-state index in [2.05, 4.69) is 32.9 Å². The number of carbonyl (C=O) groups is 1. The number of nitrogens with zero attached hydrogens (tertiary/aromatic N) is 5. The van der Waals surface area contributed by atoms with Crippen LogP contribution in [0.2, 0.25) is 0 Å². The molecule has 0 aliphatic rings. The second kappa shape index (κ2) is 13.6. The highest BCUT2D eigenvalue weighted by Gasteiger charge is 2.16. The number of aromatic amines is 1. The lowest BCUT2D eigenvalue weighted by molar-refractivity contribution is -0.121. The molecule has 1 amide bonds. The molecule has 5 aromatic rings. The van der Waals surface area contributed by atoms with Crippen molar-refractivity contribution in [3.8, 4) is 22.5 Å². The van der Waals surface area contributed by atoms with E-state index in [0.717, 1.165) is 52.9 Å². The molecule has 0 radical (unpaired) electrons. The molecule has 0 spiro atoms. The van der Waals surface area contributed by atoms with Gasteiger partial charge in [-0.3, -0.25) is 14.2 Å². The van der Waals surface area contributed by atoms with Crippen molar-refractivity contribution in [3.63, 3.8) is 0 Å². The molecule has 3 aromatic carbocycles. The zero-order chi connectivity index (χ0) is 29.3. The number of hydrogen-bond acceptors (Lipinski definition) is 6. The molecule has 2 aromatic heterocycles. The second-order valence-electron chi connectivity index (χ2n) is 10.3. The van der Waals surface area contributed by atoms with Crippen LogP contribution < -0.4 is 10.9 Å². The molecule has 0 unspecified atom stereocenters. The molecule has 214 valence electrons. The molecule has 9 nitrogen and oxygen atoms in total. The van der Waals surface area contributed by atoms with Crippen LogP contribution in [0.5, 0.6) is 0 Å². The number of amides is 1. The van der Waals surface area contributed by atoms with Gasteiger partial charge in [-0.1, -0.05) is 92.2 Å². The number of hydrogen-bond donors (Lipinski definition) is 2. The van der Waals surface area contributed by atoms with Crippen molar-refractivity contribution in [2.45, 2.75) is 59.0 Å². The fourth-order valence-electron chi connectivity index (χ4n) is 5.03. The summed E-state index contributed by atoms with van der Waals surface area (Å²) in [5, 5.41) is 17.4. The van der Waals surface area contributed by atoms with Crippen LogP contribution >= 0.6 is 0 Å². The normalized spacial score (nSPS) is 11.0. The number of unbranched alkanes of at least 4 members (excludes halogenated alkanes) is 1. The standard InChI is InChI=1S/C33H35N7O2/c1-3-4-14-30-35-23(2)27(19-20-31(41)34-21-24-10-6-5-7-11-24)33(42)40(30)22-25-15-17-26(18-16-25)28-12-8-9-13-29(28)32-36-38-39-37-32/h5-13,15-18H,3-4,14,19-22H2,1-2H3,(H,34,41)(H,36,37,38,39). The van der Waals surface area contributed by atoms with Crippen LogP contribution in [0, 0.1) is 6.92 Å². The van der Waals surface area contributed by atoms with Crippen molar-refractivity contribution in [1.29, 1.82) is 0 Å². The number of benzene rings is 3. The second-order valence-corrected chi connectivity index (χ2v) is 10.3. The summed E-state index contributed by atoms with van der Waals surface area (Å²) in [5.74, 6) is 1.23. The first-order chi connectivity index (χ1) is 20.5. The maximum Gasteiger partial charge on any atom is 0.257 e. The molecule has 42 heavy (non-hydrogen) atoms. The minimum absolute atomic E-state index is 0.0732. The van der Waals surface area contributed by atoms with E-state index in [4.69, 9.17) is 4.98 Å². The maximum atomic E-state index is 13.8. The van der Waals surface area contributed by atoms with Crippen LogP contribution in [0.15, 0.2) is 83.7 Å². The van der Waals surface area contributed by atoms with Gasteiger partial charge in [0.05, 0.1) is 6.54 Å². The molecular formula is C33H35N7O2. The first-order valence-corrected chi connectivity index (χ1v) is 14.4. The van der Waals surface area contributed by atoms with Gasteiger partial charge in [-0.15, -0.1) is 10.2 Å². The van der Waals surface area contributed by atoms with E-state index in [-0.39, 0.29) is 17.9 Å². The minimum atomic E-state index is -0.0871. The molecule has 0 saturated carbocycles. The van der Waals surface area contributed by atoms with Crippen LogP contribution in [0.25, 0.3) is 22.5 Å². The number of nitrogens with one attached hydrogen (secondary N) is 2. The first kappa shape index (κ1) is 28.6. The highest BCUT2D eigenvalue weighted by molar-refractivity contribution is 5.80. The predicted octanol–water partition coefficient (Wildman–Crippen LogP) is 5.04. The van der Waals surface area contributed by atoms with E-state index in [0.29, 0.717) is 36.6 Å². The van der Waals surface area contributed by atoms with Gasteiger partial charge in [-0.05, 0) is 47.2 Å². The highest BCUT2D eigenvalue weighted by Crippen LogP contribution is 2.29. The molecule has 0 aliphatic carbocycles. The number of aromatic nitrogens is 6. The van der Waals surface area contributed by atoms with Gasteiger partial charge in [0.1, 0.15) is 5.82 Å². The number of carbonyl (C=O) groups excluding carboxylic acids is 1. The van der Waals surface area contributed by atoms with Crippen LogP contribution in [0.1, 0.15) is 54.4 Å². The zero-order valence-corrected chi connectivity index (χ0v) is 24.0. The van der Waals surface area contributed by atoms with E-state index in [1.54, 1.807) is 4.57 Å². The van der Waals surface area contributed by atoms with Gasteiger partial charge in [-0.2, -0.15) is 5.21 Å². The highest BCUT2D eigenvalue weighted by atomic mass is 16.1. The Morgan fingerprint density at radius 2 is 1.64 bits per heavy atom. The van der Waals surface area contributed by atoms with Gasteiger partial charge in [-0.25, -0.2) is 4.98 Å². The first-order valence-electron chi connectivity index (χ1n) is 14.4. The summed E-state index contributed by atoms with van der Waals surface area (Å²) < 4.78 is 1.78. The van der Waals surface area contributed by atoms with Gasteiger partial charge in [0.25, 0.3) is 5.56 Å². The van der Waals surface area contributed by atoms with E-state index < -0.39 is 0 Å². The smallest absolute Gasteiger partial charge is 0.257 e. The van der Waals surface area contributed by atoms with Crippen molar-refractivity contribution in [3.05, 3.63) is 117 Å². The Kier molecular flexibility index (Phi) is 9.28. The van der Waals surface area contributed by atoms with Crippen LogP contribution in [-0.2, 0) is 30.7 Å². The molecule has 9 heteroatoms. The number of aryl methyl sites for hydroxylation is 2. The fraction of sp³-hybridized carbons (Fsp3) is 0.273. The molecule has 0 atom stereocenters. The van der Waals surface area contributed by atoms with E-state index >= 15 is 0 Å². The van der Waals surface area contributed by atoms with Crippen LogP contribution in [0.3, 0.4) is 0 Å². The lowest BCUT2D eigenvalue weighted by Gasteiger charge is -2.16. The van der Waals surface area contributed by atoms with Crippen molar-refractivity contribution in [2.75, 3.05) is 0 Å². The lowest BCUT2D eigenvalue weighted by Crippen LogP contribution is -2.31. The molecule has 2 heterocycles. The monoisotopic (exact) mass is 561 g/mol. The molecule has 5 rings (SSSR count). The average Bonchev–Trinajstić information content (AvgIpc) is 3.56. The quantitative estimate of drug-likeness (QED) is 0.220. The maximum absolute atomic E-state index is 13.8. The van der Waals surface area contributed by atoms with Crippen LogP contribution in [0.4, 0.5) is 0 Å². The molecule has 0 aliphatic heterocycles. The lowest BCUT2D eigenvalue weighted by atomic mass is 9.98. The third kappa shape index (κ3) is 6.86. The van der Waals surface area contributed by atoms with Gasteiger partial charge < -0.3 is 5.32 Å². The number of tetrazole rings is 1. The third-order valence-corrected chi connectivity index (χ3v) is 7.36. The fourth-order valence-corrected chi connectivity index (χ4v) is 5.03. The predicted molar refractivity (Wildman–Crippen MR) is 163 cm³/mol. The Hall–Kier alpha value is -4.92. The molecule has 0 bridgehead atoms. The van der Waals surface area contributed by atoms with Crippen molar-refractivity contribution >= 4 is 5.91 Å². The average molecular weight is 562 g/mol. The topological polar surface area (TPSA) is 118 Å². The molecule has 2 N–H and O–H groups in total. The van der Waals surface area contributed by atoms with Gasteiger partial charge in [0.2, 0.25) is 11.7 Å². The summed E-state index contributed by atoms with van der Waals surface area (Å²) in [4.78, 5) is 31.2. The number of H-pyrrole nitrogens is 1. The summed E-state index contributed by atoms with van der Waals surface area (Å²) in [5.41, 5.74) is 6.15.